The zero-order valence-corrected chi connectivity index (χ0v) is 7.66. The third kappa shape index (κ3) is 3.25. The van der Waals surface area contributed by atoms with Gasteiger partial charge in [0.1, 0.15) is 18.8 Å². The molecule has 0 amide bonds. The molecule has 13 heavy (non-hydrogen) atoms. The van der Waals surface area contributed by atoms with Gasteiger partial charge in [0.15, 0.2) is 0 Å². The van der Waals surface area contributed by atoms with E-state index >= 15 is 0 Å². The SMILES string of the molecule is CCNc1cc(OCCN)ncn1. The quantitative estimate of drug-likeness (QED) is 0.682. The molecule has 0 aliphatic heterocycles. The summed E-state index contributed by atoms with van der Waals surface area (Å²) in [6.45, 7) is 3.79. The van der Waals surface area contributed by atoms with Crippen LogP contribution in [0.25, 0.3) is 0 Å². The van der Waals surface area contributed by atoms with E-state index in [1.54, 1.807) is 6.07 Å². The third-order valence-corrected chi connectivity index (χ3v) is 1.37. The molecule has 0 bridgehead atoms. The minimum Gasteiger partial charge on any atom is -0.476 e. The van der Waals surface area contributed by atoms with Crippen molar-refractivity contribution in [3.05, 3.63) is 12.4 Å². The highest BCUT2D eigenvalue weighted by molar-refractivity contribution is 5.36. The Morgan fingerprint density at radius 1 is 1.54 bits per heavy atom. The van der Waals surface area contributed by atoms with E-state index in [0.29, 0.717) is 19.0 Å². The fraction of sp³-hybridized carbons (Fsp3) is 0.500. The van der Waals surface area contributed by atoms with Crippen molar-refractivity contribution in [2.75, 3.05) is 25.0 Å². The van der Waals surface area contributed by atoms with Crippen molar-refractivity contribution in [2.24, 2.45) is 5.73 Å². The number of anilines is 1. The lowest BCUT2D eigenvalue weighted by molar-refractivity contribution is 0.315. The predicted molar refractivity (Wildman–Crippen MR) is 50.7 cm³/mol. The van der Waals surface area contributed by atoms with Gasteiger partial charge in [-0.25, -0.2) is 9.97 Å². The number of hydrogen-bond donors (Lipinski definition) is 2. The third-order valence-electron chi connectivity index (χ3n) is 1.37. The van der Waals surface area contributed by atoms with Crippen LogP contribution in [0, 0.1) is 0 Å². The van der Waals surface area contributed by atoms with E-state index < -0.39 is 0 Å². The Labute approximate surface area is 77.3 Å². The van der Waals surface area contributed by atoms with Gasteiger partial charge in [0.25, 0.3) is 0 Å². The second-order valence-electron chi connectivity index (χ2n) is 2.41. The van der Waals surface area contributed by atoms with Crippen LogP contribution >= 0.6 is 0 Å². The molecule has 1 aromatic heterocycles. The average Bonchev–Trinajstić information content (AvgIpc) is 2.16. The minimum absolute atomic E-state index is 0.475. The van der Waals surface area contributed by atoms with Crippen molar-refractivity contribution in [3.63, 3.8) is 0 Å². The highest BCUT2D eigenvalue weighted by Gasteiger charge is 1.97. The molecule has 5 nitrogen and oxygen atoms in total. The minimum atomic E-state index is 0.475. The molecule has 0 aliphatic carbocycles. The van der Waals surface area contributed by atoms with Crippen molar-refractivity contribution < 1.29 is 4.74 Å². The summed E-state index contributed by atoms with van der Waals surface area (Å²) in [5.74, 6) is 1.32. The second kappa shape index (κ2) is 5.31. The Balaban J connectivity index is 2.56. The van der Waals surface area contributed by atoms with E-state index in [0.717, 1.165) is 12.4 Å². The van der Waals surface area contributed by atoms with Crippen molar-refractivity contribution in [3.8, 4) is 5.88 Å². The maximum atomic E-state index is 5.29. The van der Waals surface area contributed by atoms with Gasteiger partial charge in [-0.3, -0.25) is 0 Å². The second-order valence-corrected chi connectivity index (χ2v) is 2.41. The van der Waals surface area contributed by atoms with Crippen LogP contribution in [0.2, 0.25) is 0 Å². The first-order valence-electron chi connectivity index (χ1n) is 4.25. The Morgan fingerprint density at radius 2 is 2.38 bits per heavy atom. The van der Waals surface area contributed by atoms with Crippen LogP contribution in [0.3, 0.4) is 0 Å². The predicted octanol–water partition coefficient (Wildman–Crippen LogP) is 0.246. The lowest BCUT2D eigenvalue weighted by atomic mass is 10.5. The molecule has 5 heteroatoms. The van der Waals surface area contributed by atoms with Crippen LogP contribution in [0.1, 0.15) is 6.92 Å². The summed E-state index contributed by atoms with van der Waals surface area (Å²) in [4.78, 5) is 7.93. The summed E-state index contributed by atoms with van der Waals surface area (Å²) in [6.07, 6.45) is 1.46. The summed E-state index contributed by atoms with van der Waals surface area (Å²) < 4.78 is 5.23. The zero-order valence-electron chi connectivity index (χ0n) is 7.66. The van der Waals surface area contributed by atoms with Gasteiger partial charge in [0.2, 0.25) is 5.88 Å². The van der Waals surface area contributed by atoms with Crippen molar-refractivity contribution >= 4 is 5.82 Å². The van der Waals surface area contributed by atoms with Gasteiger partial charge < -0.3 is 15.8 Å². The van der Waals surface area contributed by atoms with E-state index in [4.69, 9.17) is 10.5 Å². The molecule has 0 saturated carbocycles. The zero-order chi connectivity index (χ0) is 9.52. The molecule has 0 aliphatic rings. The first kappa shape index (κ1) is 9.73. The number of hydrogen-bond acceptors (Lipinski definition) is 5. The van der Waals surface area contributed by atoms with Crippen LogP contribution in [-0.4, -0.2) is 29.7 Å². The van der Waals surface area contributed by atoms with Gasteiger partial charge in [-0.15, -0.1) is 0 Å². The smallest absolute Gasteiger partial charge is 0.218 e. The Bertz CT molecular complexity index is 254. The van der Waals surface area contributed by atoms with Crippen molar-refractivity contribution in [1.29, 1.82) is 0 Å². The highest BCUT2D eigenvalue weighted by Crippen LogP contribution is 2.09. The molecule has 72 valence electrons. The number of aromatic nitrogens is 2. The molecule has 0 aromatic carbocycles. The van der Waals surface area contributed by atoms with Crippen LogP contribution < -0.4 is 15.8 Å². The molecule has 1 rings (SSSR count). The van der Waals surface area contributed by atoms with Gasteiger partial charge >= 0.3 is 0 Å². The van der Waals surface area contributed by atoms with E-state index in [1.807, 2.05) is 6.92 Å². The van der Waals surface area contributed by atoms with E-state index in [-0.39, 0.29) is 0 Å². The number of ether oxygens (including phenoxy) is 1. The Hall–Kier alpha value is -1.36. The van der Waals surface area contributed by atoms with Crippen LogP contribution in [0.4, 0.5) is 5.82 Å². The topological polar surface area (TPSA) is 73.1 Å². The van der Waals surface area contributed by atoms with Gasteiger partial charge in [0.05, 0.1) is 0 Å². The van der Waals surface area contributed by atoms with E-state index in [9.17, 15) is 0 Å². The van der Waals surface area contributed by atoms with Gasteiger partial charge in [-0.1, -0.05) is 0 Å². The fourth-order valence-corrected chi connectivity index (χ4v) is 0.860. The number of nitrogens with two attached hydrogens (primary N) is 1. The highest BCUT2D eigenvalue weighted by atomic mass is 16.5. The Morgan fingerprint density at radius 3 is 3.08 bits per heavy atom. The average molecular weight is 182 g/mol. The standard InChI is InChI=1S/C8H14N4O/c1-2-10-7-5-8(12-6-11-7)13-4-3-9/h5-6H,2-4,9H2,1H3,(H,10,11,12). The lowest BCUT2D eigenvalue weighted by Crippen LogP contribution is -2.11. The molecule has 0 atom stereocenters. The summed E-state index contributed by atoms with van der Waals surface area (Å²) in [7, 11) is 0. The largest absolute Gasteiger partial charge is 0.476 e. The van der Waals surface area contributed by atoms with Gasteiger partial charge in [-0.05, 0) is 6.92 Å². The number of rotatable bonds is 5. The molecule has 0 spiro atoms. The van der Waals surface area contributed by atoms with Crippen LogP contribution in [-0.2, 0) is 0 Å². The van der Waals surface area contributed by atoms with Crippen molar-refractivity contribution in [2.45, 2.75) is 6.92 Å². The van der Waals surface area contributed by atoms with Crippen LogP contribution in [0.15, 0.2) is 12.4 Å². The van der Waals surface area contributed by atoms with Crippen LogP contribution in [0.5, 0.6) is 5.88 Å². The summed E-state index contributed by atoms with van der Waals surface area (Å²) in [5.41, 5.74) is 5.29. The molecule has 1 heterocycles. The van der Waals surface area contributed by atoms with E-state index in [2.05, 4.69) is 15.3 Å². The molecule has 1 aromatic rings. The Kier molecular flexibility index (Phi) is 3.98. The summed E-state index contributed by atoms with van der Waals surface area (Å²) in [5, 5.41) is 3.06. The first-order chi connectivity index (χ1) is 6.36. The molecular formula is C8H14N4O. The van der Waals surface area contributed by atoms with Gasteiger partial charge in [0, 0.05) is 19.2 Å². The van der Waals surface area contributed by atoms with Crippen molar-refractivity contribution in [1.82, 2.24) is 9.97 Å². The number of nitrogens with zero attached hydrogens (tertiary/aromatic N) is 2. The number of nitrogens with one attached hydrogen (secondary N) is 1. The van der Waals surface area contributed by atoms with Gasteiger partial charge in [-0.2, -0.15) is 0 Å². The fourth-order valence-electron chi connectivity index (χ4n) is 0.860. The molecule has 3 N–H and O–H groups in total. The molecule has 0 radical (unpaired) electrons. The lowest BCUT2D eigenvalue weighted by Gasteiger charge is -2.05. The molecular weight excluding hydrogens is 168 g/mol. The molecule has 0 saturated heterocycles. The maximum Gasteiger partial charge on any atom is 0.218 e. The maximum absolute atomic E-state index is 5.29. The summed E-state index contributed by atoms with van der Waals surface area (Å²) >= 11 is 0. The summed E-state index contributed by atoms with van der Waals surface area (Å²) in [6, 6.07) is 1.75. The normalized spacial score (nSPS) is 9.69. The van der Waals surface area contributed by atoms with E-state index in [1.165, 1.54) is 6.33 Å². The molecule has 0 unspecified atom stereocenters. The monoisotopic (exact) mass is 182 g/mol. The molecule has 0 fully saturated rings. The first-order valence-corrected chi connectivity index (χ1v) is 4.25.